The topological polar surface area (TPSA) is 62.5 Å². The van der Waals surface area contributed by atoms with E-state index < -0.39 is 5.97 Å². The normalized spacial score (nSPS) is 12.3. The molecule has 1 heterocycles. The fourth-order valence-electron chi connectivity index (χ4n) is 2.00. The van der Waals surface area contributed by atoms with Crippen molar-refractivity contribution >= 4 is 5.97 Å². The Morgan fingerprint density at radius 2 is 1.95 bits per heavy atom. The van der Waals surface area contributed by atoms with Crippen molar-refractivity contribution in [2.75, 3.05) is 0 Å². The van der Waals surface area contributed by atoms with Crippen LogP contribution in [-0.4, -0.2) is 11.1 Å². The Hall–Kier alpha value is -2.07. The number of rotatable bonds is 6. The van der Waals surface area contributed by atoms with Gasteiger partial charge < -0.3 is 14.8 Å². The number of benzene rings is 1. The minimum Gasteiger partial charge on any atom is -0.475 e. The van der Waals surface area contributed by atoms with Crippen LogP contribution in [0.4, 0.5) is 0 Å². The first-order valence-corrected chi connectivity index (χ1v) is 6.74. The molecule has 0 aliphatic carbocycles. The minimum atomic E-state index is -1.04. The molecule has 1 unspecified atom stereocenters. The SMILES string of the molecule is CCc1ccc(C(C)NCc2ccc(C(=O)O)o2)cc1. The number of hydrogen-bond acceptors (Lipinski definition) is 3. The summed E-state index contributed by atoms with van der Waals surface area (Å²) in [5.41, 5.74) is 2.52. The summed E-state index contributed by atoms with van der Waals surface area (Å²) in [5.74, 6) is -0.444. The van der Waals surface area contributed by atoms with Crippen LogP contribution in [-0.2, 0) is 13.0 Å². The number of hydrogen-bond donors (Lipinski definition) is 2. The number of aryl methyl sites for hydroxylation is 1. The van der Waals surface area contributed by atoms with Crippen LogP contribution in [0.2, 0.25) is 0 Å². The molecule has 2 rings (SSSR count). The molecular weight excluding hydrogens is 254 g/mol. The molecule has 0 amide bonds. The highest BCUT2D eigenvalue weighted by molar-refractivity contribution is 5.84. The second-order valence-electron chi connectivity index (χ2n) is 4.77. The third-order valence-electron chi connectivity index (χ3n) is 3.34. The molecule has 0 fully saturated rings. The van der Waals surface area contributed by atoms with E-state index in [2.05, 4.69) is 43.4 Å². The highest BCUT2D eigenvalue weighted by atomic mass is 16.4. The van der Waals surface area contributed by atoms with Crippen LogP contribution >= 0.6 is 0 Å². The maximum Gasteiger partial charge on any atom is 0.371 e. The number of carboxylic acids is 1. The monoisotopic (exact) mass is 273 g/mol. The van der Waals surface area contributed by atoms with Crippen molar-refractivity contribution in [2.45, 2.75) is 32.9 Å². The van der Waals surface area contributed by atoms with Crippen molar-refractivity contribution in [1.82, 2.24) is 5.32 Å². The number of furan rings is 1. The highest BCUT2D eigenvalue weighted by Gasteiger charge is 2.10. The van der Waals surface area contributed by atoms with Crippen molar-refractivity contribution in [3.63, 3.8) is 0 Å². The van der Waals surface area contributed by atoms with E-state index in [-0.39, 0.29) is 11.8 Å². The van der Waals surface area contributed by atoms with Gasteiger partial charge in [-0.3, -0.25) is 0 Å². The zero-order chi connectivity index (χ0) is 14.5. The van der Waals surface area contributed by atoms with Crippen LogP contribution in [0.1, 0.15) is 47.3 Å². The van der Waals surface area contributed by atoms with Crippen LogP contribution in [0.25, 0.3) is 0 Å². The van der Waals surface area contributed by atoms with Gasteiger partial charge in [-0.15, -0.1) is 0 Å². The van der Waals surface area contributed by atoms with Crippen LogP contribution < -0.4 is 5.32 Å². The van der Waals surface area contributed by atoms with Crippen LogP contribution in [0.15, 0.2) is 40.8 Å². The molecule has 4 nitrogen and oxygen atoms in total. The zero-order valence-corrected chi connectivity index (χ0v) is 11.7. The van der Waals surface area contributed by atoms with E-state index in [1.807, 2.05) is 0 Å². The van der Waals surface area contributed by atoms with E-state index in [1.54, 1.807) is 6.07 Å². The lowest BCUT2D eigenvalue weighted by Crippen LogP contribution is -2.17. The molecule has 0 aliphatic rings. The molecule has 1 aromatic heterocycles. The summed E-state index contributed by atoms with van der Waals surface area (Å²) in [6, 6.07) is 11.8. The molecule has 0 spiro atoms. The molecular formula is C16H19NO3. The van der Waals surface area contributed by atoms with E-state index in [1.165, 1.54) is 17.2 Å². The third-order valence-corrected chi connectivity index (χ3v) is 3.34. The van der Waals surface area contributed by atoms with Crippen molar-refractivity contribution in [2.24, 2.45) is 0 Å². The molecule has 2 N–H and O–H groups in total. The summed E-state index contributed by atoms with van der Waals surface area (Å²) in [5, 5.41) is 12.1. The van der Waals surface area contributed by atoms with Crippen molar-refractivity contribution in [3.8, 4) is 0 Å². The van der Waals surface area contributed by atoms with Crippen molar-refractivity contribution < 1.29 is 14.3 Å². The van der Waals surface area contributed by atoms with E-state index in [4.69, 9.17) is 9.52 Å². The van der Waals surface area contributed by atoms with Gasteiger partial charge in [0, 0.05) is 6.04 Å². The Bertz CT molecular complexity index is 572. The first kappa shape index (κ1) is 14.3. The van der Waals surface area contributed by atoms with Gasteiger partial charge in [-0.05, 0) is 36.6 Å². The van der Waals surface area contributed by atoms with Gasteiger partial charge in [0.1, 0.15) is 5.76 Å². The number of carboxylic acid groups (broad SMARTS) is 1. The van der Waals surface area contributed by atoms with E-state index >= 15 is 0 Å². The second-order valence-corrected chi connectivity index (χ2v) is 4.77. The second kappa shape index (κ2) is 6.39. The number of carbonyl (C=O) groups is 1. The fourth-order valence-corrected chi connectivity index (χ4v) is 2.00. The lowest BCUT2D eigenvalue weighted by Gasteiger charge is -2.13. The van der Waals surface area contributed by atoms with Gasteiger partial charge in [0.25, 0.3) is 0 Å². The molecule has 20 heavy (non-hydrogen) atoms. The van der Waals surface area contributed by atoms with Crippen LogP contribution in [0.5, 0.6) is 0 Å². The summed E-state index contributed by atoms with van der Waals surface area (Å²) >= 11 is 0. The van der Waals surface area contributed by atoms with Crippen molar-refractivity contribution in [1.29, 1.82) is 0 Å². The molecule has 0 bridgehead atoms. The molecule has 106 valence electrons. The molecule has 4 heteroatoms. The summed E-state index contributed by atoms with van der Waals surface area (Å²) < 4.78 is 5.21. The standard InChI is InChI=1S/C16H19NO3/c1-3-12-4-6-13(7-5-12)11(2)17-10-14-8-9-15(20-14)16(18)19/h4-9,11,17H,3,10H2,1-2H3,(H,18,19). The first-order chi connectivity index (χ1) is 9.60. The highest BCUT2D eigenvalue weighted by Crippen LogP contribution is 2.15. The maximum atomic E-state index is 10.7. The fraction of sp³-hybridized carbons (Fsp3) is 0.312. The summed E-state index contributed by atoms with van der Waals surface area (Å²) in [7, 11) is 0. The Labute approximate surface area is 118 Å². The molecule has 1 aromatic carbocycles. The Morgan fingerprint density at radius 1 is 1.25 bits per heavy atom. The van der Waals surface area contributed by atoms with Gasteiger partial charge in [-0.2, -0.15) is 0 Å². The van der Waals surface area contributed by atoms with Gasteiger partial charge in [-0.1, -0.05) is 31.2 Å². The lowest BCUT2D eigenvalue weighted by atomic mass is 10.1. The Kier molecular flexibility index (Phi) is 4.58. The molecule has 0 saturated heterocycles. The van der Waals surface area contributed by atoms with E-state index in [0.717, 1.165) is 6.42 Å². The van der Waals surface area contributed by atoms with Gasteiger partial charge in [0.05, 0.1) is 6.54 Å². The predicted molar refractivity (Wildman–Crippen MR) is 76.7 cm³/mol. The quantitative estimate of drug-likeness (QED) is 0.846. The average Bonchev–Trinajstić information content (AvgIpc) is 2.94. The summed E-state index contributed by atoms with van der Waals surface area (Å²) in [6.45, 7) is 4.71. The molecule has 0 saturated carbocycles. The minimum absolute atomic E-state index is 0.0262. The van der Waals surface area contributed by atoms with Crippen LogP contribution in [0.3, 0.4) is 0 Å². The summed E-state index contributed by atoms with van der Waals surface area (Å²) in [6.07, 6.45) is 1.03. The largest absolute Gasteiger partial charge is 0.475 e. The van der Waals surface area contributed by atoms with Gasteiger partial charge in [0.15, 0.2) is 0 Å². The predicted octanol–water partition coefficient (Wildman–Crippen LogP) is 3.39. The number of nitrogens with one attached hydrogen (secondary N) is 1. The third kappa shape index (κ3) is 3.48. The molecule has 0 aliphatic heterocycles. The molecule has 1 atom stereocenters. The van der Waals surface area contributed by atoms with Crippen LogP contribution in [0, 0.1) is 0 Å². The molecule has 0 radical (unpaired) electrons. The molecule has 2 aromatic rings. The Balaban J connectivity index is 1.93. The Morgan fingerprint density at radius 3 is 2.50 bits per heavy atom. The summed E-state index contributed by atoms with van der Waals surface area (Å²) in [4.78, 5) is 10.7. The maximum absolute atomic E-state index is 10.7. The van der Waals surface area contributed by atoms with E-state index in [9.17, 15) is 4.79 Å². The lowest BCUT2D eigenvalue weighted by molar-refractivity contribution is 0.0660. The number of aromatic carboxylic acids is 1. The van der Waals surface area contributed by atoms with E-state index in [0.29, 0.717) is 12.3 Å². The first-order valence-electron chi connectivity index (χ1n) is 6.74. The van der Waals surface area contributed by atoms with Gasteiger partial charge in [-0.25, -0.2) is 4.79 Å². The average molecular weight is 273 g/mol. The van der Waals surface area contributed by atoms with Gasteiger partial charge in [0.2, 0.25) is 5.76 Å². The van der Waals surface area contributed by atoms with Gasteiger partial charge >= 0.3 is 5.97 Å². The smallest absolute Gasteiger partial charge is 0.371 e. The van der Waals surface area contributed by atoms with Crippen molar-refractivity contribution in [3.05, 3.63) is 59.0 Å². The zero-order valence-electron chi connectivity index (χ0n) is 11.7.